The number of rotatable bonds is 4. The summed E-state index contributed by atoms with van der Waals surface area (Å²) in [5.74, 6) is -1.17. The van der Waals surface area contributed by atoms with E-state index >= 15 is 0 Å². The lowest BCUT2D eigenvalue weighted by Crippen LogP contribution is -2.44. The van der Waals surface area contributed by atoms with Gasteiger partial charge in [0, 0.05) is 11.6 Å². The van der Waals surface area contributed by atoms with Gasteiger partial charge in [-0.2, -0.15) is 0 Å². The molecule has 1 fully saturated rings. The molecule has 0 aromatic heterocycles. The standard InChI is InChI=1S/C20H21N3O4/c24-18(14-10-12-21-13-11-14)23-20(26)19(25)22-15-6-8-17(9-7-15)27-16-4-2-1-3-5-16/h1-9,14,21H,10-13H2,(H,22,25)(H,23,24,26). The van der Waals surface area contributed by atoms with E-state index in [1.807, 2.05) is 30.3 Å². The zero-order chi connectivity index (χ0) is 19.1. The maximum Gasteiger partial charge on any atom is 0.316 e. The average molecular weight is 367 g/mol. The zero-order valence-corrected chi connectivity index (χ0v) is 14.7. The Morgan fingerprint density at radius 3 is 2.15 bits per heavy atom. The van der Waals surface area contributed by atoms with Crippen molar-refractivity contribution >= 4 is 23.4 Å². The van der Waals surface area contributed by atoms with Gasteiger partial charge in [0.15, 0.2) is 0 Å². The summed E-state index contributed by atoms with van der Waals surface area (Å²) in [5, 5.41) is 7.78. The monoisotopic (exact) mass is 367 g/mol. The minimum absolute atomic E-state index is 0.239. The van der Waals surface area contributed by atoms with Crippen LogP contribution in [0.4, 0.5) is 5.69 Å². The van der Waals surface area contributed by atoms with Gasteiger partial charge in [-0.05, 0) is 62.3 Å². The molecule has 0 spiro atoms. The normalized spacial score (nSPS) is 14.2. The van der Waals surface area contributed by atoms with Gasteiger partial charge in [0.2, 0.25) is 5.91 Å². The van der Waals surface area contributed by atoms with Crippen LogP contribution >= 0.6 is 0 Å². The van der Waals surface area contributed by atoms with Crippen LogP contribution in [-0.4, -0.2) is 30.8 Å². The minimum Gasteiger partial charge on any atom is -0.457 e. The zero-order valence-electron chi connectivity index (χ0n) is 14.7. The first-order valence-corrected chi connectivity index (χ1v) is 8.81. The highest BCUT2D eigenvalue weighted by atomic mass is 16.5. The van der Waals surface area contributed by atoms with Crippen molar-refractivity contribution in [2.45, 2.75) is 12.8 Å². The second-order valence-electron chi connectivity index (χ2n) is 6.24. The van der Waals surface area contributed by atoms with Crippen molar-refractivity contribution in [2.75, 3.05) is 18.4 Å². The third-order valence-corrected chi connectivity index (χ3v) is 4.24. The molecule has 3 rings (SSSR count). The molecule has 2 aromatic rings. The molecule has 0 bridgehead atoms. The second kappa shape index (κ2) is 8.95. The molecule has 1 saturated heterocycles. The van der Waals surface area contributed by atoms with Crippen LogP contribution in [0.2, 0.25) is 0 Å². The molecule has 0 atom stereocenters. The van der Waals surface area contributed by atoms with Crippen LogP contribution in [0.1, 0.15) is 12.8 Å². The Labute approximate surface area is 157 Å². The maximum absolute atomic E-state index is 12.0. The van der Waals surface area contributed by atoms with Gasteiger partial charge in [0.05, 0.1) is 0 Å². The van der Waals surface area contributed by atoms with Crippen molar-refractivity contribution in [1.82, 2.24) is 10.6 Å². The predicted octanol–water partition coefficient (Wildman–Crippen LogP) is 2.06. The molecule has 7 heteroatoms. The maximum atomic E-state index is 12.0. The number of carbonyl (C=O) groups is 3. The molecule has 27 heavy (non-hydrogen) atoms. The number of anilines is 1. The largest absolute Gasteiger partial charge is 0.457 e. The van der Waals surface area contributed by atoms with E-state index in [1.54, 1.807) is 24.3 Å². The Bertz CT molecular complexity index is 800. The van der Waals surface area contributed by atoms with Crippen LogP contribution in [0.3, 0.4) is 0 Å². The predicted molar refractivity (Wildman–Crippen MR) is 100 cm³/mol. The number of carbonyl (C=O) groups excluding carboxylic acids is 3. The van der Waals surface area contributed by atoms with Crippen molar-refractivity contribution in [3.8, 4) is 11.5 Å². The fourth-order valence-electron chi connectivity index (χ4n) is 2.77. The Morgan fingerprint density at radius 2 is 1.48 bits per heavy atom. The molecule has 0 radical (unpaired) electrons. The lowest BCUT2D eigenvalue weighted by molar-refractivity contribution is -0.141. The summed E-state index contributed by atoms with van der Waals surface area (Å²) >= 11 is 0. The van der Waals surface area contributed by atoms with Crippen LogP contribution in [0, 0.1) is 5.92 Å². The van der Waals surface area contributed by atoms with E-state index < -0.39 is 17.7 Å². The van der Waals surface area contributed by atoms with Gasteiger partial charge in [0.25, 0.3) is 0 Å². The molecule has 3 amide bonds. The number of piperidine rings is 1. The van der Waals surface area contributed by atoms with E-state index in [2.05, 4.69) is 16.0 Å². The molecule has 0 unspecified atom stereocenters. The van der Waals surface area contributed by atoms with Gasteiger partial charge in [-0.25, -0.2) is 0 Å². The SMILES string of the molecule is O=C(NC(=O)C1CCNCC1)C(=O)Nc1ccc(Oc2ccccc2)cc1. The van der Waals surface area contributed by atoms with Crippen LogP contribution in [0.5, 0.6) is 11.5 Å². The Hall–Kier alpha value is -3.19. The summed E-state index contributed by atoms with van der Waals surface area (Å²) in [5.41, 5.74) is 0.435. The van der Waals surface area contributed by atoms with E-state index in [0.29, 0.717) is 30.0 Å². The number of hydrogen-bond donors (Lipinski definition) is 3. The molecule has 0 aliphatic carbocycles. The minimum atomic E-state index is -0.955. The smallest absolute Gasteiger partial charge is 0.316 e. The van der Waals surface area contributed by atoms with Crippen molar-refractivity contribution in [1.29, 1.82) is 0 Å². The summed E-state index contributed by atoms with van der Waals surface area (Å²) in [6.45, 7) is 1.46. The highest BCUT2D eigenvalue weighted by molar-refractivity contribution is 6.41. The summed E-state index contributed by atoms with van der Waals surface area (Å²) in [6.07, 6.45) is 1.31. The summed E-state index contributed by atoms with van der Waals surface area (Å²) in [7, 11) is 0. The van der Waals surface area contributed by atoms with Gasteiger partial charge in [0.1, 0.15) is 11.5 Å². The quantitative estimate of drug-likeness (QED) is 0.719. The topological polar surface area (TPSA) is 96.5 Å². The second-order valence-corrected chi connectivity index (χ2v) is 6.24. The number of ether oxygens (including phenoxy) is 1. The number of imide groups is 1. The van der Waals surface area contributed by atoms with E-state index in [4.69, 9.17) is 4.74 Å². The first-order valence-electron chi connectivity index (χ1n) is 8.81. The molecule has 140 valence electrons. The fourth-order valence-corrected chi connectivity index (χ4v) is 2.77. The average Bonchev–Trinajstić information content (AvgIpc) is 2.71. The Kier molecular flexibility index (Phi) is 6.17. The number of nitrogens with one attached hydrogen (secondary N) is 3. The molecular weight excluding hydrogens is 346 g/mol. The van der Waals surface area contributed by atoms with E-state index in [9.17, 15) is 14.4 Å². The van der Waals surface area contributed by atoms with Crippen molar-refractivity contribution in [3.05, 3.63) is 54.6 Å². The summed E-state index contributed by atoms with van der Waals surface area (Å²) in [6, 6.07) is 15.9. The molecular formula is C20H21N3O4. The van der Waals surface area contributed by atoms with Gasteiger partial charge >= 0.3 is 11.8 Å². The highest BCUT2D eigenvalue weighted by Gasteiger charge is 2.25. The van der Waals surface area contributed by atoms with Crippen LogP contribution in [-0.2, 0) is 14.4 Å². The van der Waals surface area contributed by atoms with Crippen LogP contribution in [0.15, 0.2) is 54.6 Å². The van der Waals surface area contributed by atoms with E-state index in [-0.39, 0.29) is 5.92 Å². The molecule has 7 nitrogen and oxygen atoms in total. The number of hydrogen-bond acceptors (Lipinski definition) is 5. The summed E-state index contributed by atoms with van der Waals surface area (Å²) < 4.78 is 5.66. The number of para-hydroxylation sites is 1. The fraction of sp³-hybridized carbons (Fsp3) is 0.250. The van der Waals surface area contributed by atoms with Crippen molar-refractivity contribution < 1.29 is 19.1 Å². The lowest BCUT2D eigenvalue weighted by Gasteiger charge is -2.21. The molecule has 1 aliphatic rings. The molecule has 1 aliphatic heterocycles. The molecule has 0 saturated carbocycles. The van der Waals surface area contributed by atoms with Crippen LogP contribution < -0.4 is 20.7 Å². The summed E-state index contributed by atoms with van der Waals surface area (Å²) in [4.78, 5) is 35.9. The third kappa shape index (κ3) is 5.39. The van der Waals surface area contributed by atoms with Gasteiger partial charge in [-0.15, -0.1) is 0 Å². The van der Waals surface area contributed by atoms with Crippen molar-refractivity contribution in [2.24, 2.45) is 5.92 Å². The van der Waals surface area contributed by atoms with E-state index in [0.717, 1.165) is 13.1 Å². The molecule has 1 heterocycles. The third-order valence-electron chi connectivity index (χ3n) is 4.24. The number of amides is 3. The van der Waals surface area contributed by atoms with Gasteiger partial charge in [-0.3, -0.25) is 19.7 Å². The highest BCUT2D eigenvalue weighted by Crippen LogP contribution is 2.22. The first kappa shape index (κ1) is 18.6. The van der Waals surface area contributed by atoms with Gasteiger partial charge < -0.3 is 15.4 Å². The van der Waals surface area contributed by atoms with Crippen LogP contribution in [0.25, 0.3) is 0 Å². The van der Waals surface area contributed by atoms with Crippen molar-refractivity contribution in [3.63, 3.8) is 0 Å². The van der Waals surface area contributed by atoms with Gasteiger partial charge in [-0.1, -0.05) is 18.2 Å². The molecule has 3 N–H and O–H groups in total. The number of benzene rings is 2. The Balaban J connectivity index is 1.51. The van der Waals surface area contributed by atoms with E-state index in [1.165, 1.54) is 0 Å². The first-order chi connectivity index (χ1) is 13.1. The Morgan fingerprint density at radius 1 is 0.852 bits per heavy atom. The molecule has 2 aromatic carbocycles. The lowest BCUT2D eigenvalue weighted by atomic mass is 9.97.